The number of aliphatic imine (C=N–C) groups is 1. The predicted molar refractivity (Wildman–Crippen MR) is 92.2 cm³/mol. The lowest BCUT2D eigenvalue weighted by atomic mass is 10.0. The molecular formula is C18H29N3O. The molecule has 1 aromatic rings. The summed E-state index contributed by atoms with van der Waals surface area (Å²) < 4.78 is 0. The van der Waals surface area contributed by atoms with E-state index >= 15 is 0 Å². The van der Waals surface area contributed by atoms with E-state index in [0.717, 1.165) is 38.2 Å². The number of guanidine groups is 1. The molecule has 4 heteroatoms. The van der Waals surface area contributed by atoms with E-state index in [2.05, 4.69) is 54.6 Å². The van der Waals surface area contributed by atoms with Crippen molar-refractivity contribution in [2.24, 2.45) is 4.99 Å². The molecule has 0 aliphatic heterocycles. The number of aryl methyl sites for hydroxylation is 2. The van der Waals surface area contributed by atoms with Crippen molar-refractivity contribution in [1.29, 1.82) is 0 Å². The van der Waals surface area contributed by atoms with Crippen molar-refractivity contribution < 1.29 is 5.11 Å². The van der Waals surface area contributed by atoms with Gasteiger partial charge in [0, 0.05) is 13.1 Å². The van der Waals surface area contributed by atoms with Gasteiger partial charge in [0.25, 0.3) is 0 Å². The van der Waals surface area contributed by atoms with Gasteiger partial charge in [0.15, 0.2) is 5.96 Å². The van der Waals surface area contributed by atoms with Crippen LogP contribution in [0.15, 0.2) is 23.2 Å². The van der Waals surface area contributed by atoms with Gasteiger partial charge >= 0.3 is 0 Å². The summed E-state index contributed by atoms with van der Waals surface area (Å²) >= 11 is 0. The van der Waals surface area contributed by atoms with Gasteiger partial charge in [0.05, 0.1) is 12.1 Å². The topological polar surface area (TPSA) is 56.7 Å². The second-order valence-corrected chi connectivity index (χ2v) is 6.41. The summed E-state index contributed by atoms with van der Waals surface area (Å²) in [4.78, 5) is 4.65. The van der Waals surface area contributed by atoms with Crippen molar-refractivity contribution in [2.45, 2.75) is 58.6 Å². The summed E-state index contributed by atoms with van der Waals surface area (Å²) in [5.74, 6) is 0.780. The molecule has 122 valence electrons. The fraction of sp³-hybridized carbons (Fsp3) is 0.611. The Labute approximate surface area is 134 Å². The molecule has 1 saturated carbocycles. The zero-order chi connectivity index (χ0) is 16.0. The van der Waals surface area contributed by atoms with E-state index in [1.807, 2.05) is 0 Å². The number of hydrogen-bond acceptors (Lipinski definition) is 2. The molecule has 1 aliphatic rings. The number of nitrogens with zero attached hydrogens (tertiary/aromatic N) is 1. The van der Waals surface area contributed by atoms with Crippen molar-refractivity contribution in [2.75, 3.05) is 13.1 Å². The minimum atomic E-state index is -0.560. The van der Waals surface area contributed by atoms with E-state index in [9.17, 15) is 5.11 Å². The van der Waals surface area contributed by atoms with Crippen LogP contribution >= 0.6 is 0 Å². The lowest BCUT2D eigenvalue weighted by Crippen LogP contribution is -2.46. The van der Waals surface area contributed by atoms with Crippen molar-refractivity contribution >= 4 is 5.96 Å². The molecule has 0 bridgehead atoms. The molecular weight excluding hydrogens is 274 g/mol. The SMILES string of the molecule is CCNC(=NCc1ccc(C)cc1C)NCC1(O)CCCC1. The van der Waals surface area contributed by atoms with Gasteiger partial charge < -0.3 is 15.7 Å². The molecule has 0 radical (unpaired) electrons. The molecule has 22 heavy (non-hydrogen) atoms. The van der Waals surface area contributed by atoms with E-state index < -0.39 is 5.60 Å². The monoisotopic (exact) mass is 303 g/mol. The Morgan fingerprint density at radius 2 is 1.95 bits per heavy atom. The second kappa shape index (κ2) is 7.63. The fourth-order valence-corrected chi connectivity index (χ4v) is 2.99. The Balaban J connectivity index is 1.97. The summed E-state index contributed by atoms with van der Waals surface area (Å²) in [6.07, 6.45) is 4.01. The lowest BCUT2D eigenvalue weighted by molar-refractivity contribution is 0.0522. The average Bonchev–Trinajstić information content (AvgIpc) is 2.91. The maximum atomic E-state index is 10.4. The molecule has 3 N–H and O–H groups in total. The molecule has 0 spiro atoms. The van der Waals surface area contributed by atoms with Gasteiger partial charge in [-0.15, -0.1) is 0 Å². The van der Waals surface area contributed by atoms with Crippen LogP contribution in [0.5, 0.6) is 0 Å². The summed E-state index contributed by atoms with van der Waals surface area (Å²) in [7, 11) is 0. The molecule has 1 fully saturated rings. The van der Waals surface area contributed by atoms with Crippen molar-refractivity contribution in [1.82, 2.24) is 10.6 Å². The zero-order valence-electron chi connectivity index (χ0n) is 14.1. The summed E-state index contributed by atoms with van der Waals surface area (Å²) in [5, 5.41) is 17.0. The maximum absolute atomic E-state index is 10.4. The Hall–Kier alpha value is -1.55. The van der Waals surface area contributed by atoms with E-state index in [-0.39, 0.29) is 0 Å². The first kappa shape index (κ1) is 16.8. The Morgan fingerprint density at radius 1 is 1.23 bits per heavy atom. The average molecular weight is 303 g/mol. The van der Waals surface area contributed by atoms with Crippen molar-refractivity contribution in [3.05, 3.63) is 34.9 Å². The third-order valence-corrected chi connectivity index (χ3v) is 4.37. The number of benzene rings is 1. The van der Waals surface area contributed by atoms with Crippen LogP contribution in [-0.4, -0.2) is 29.8 Å². The van der Waals surface area contributed by atoms with Gasteiger partial charge in [0.2, 0.25) is 0 Å². The van der Waals surface area contributed by atoms with Crippen molar-refractivity contribution in [3.8, 4) is 0 Å². The first-order valence-electron chi connectivity index (χ1n) is 8.33. The Bertz CT molecular complexity index is 519. The summed E-state index contributed by atoms with van der Waals surface area (Å²) in [6, 6.07) is 6.45. The zero-order valence-corrected chi connectivity index (χ0v) is 14.1. The molecule has 0 aromatic heterocycles. The molecule has 0 atom stereocenters. The third-order valence-electron chi connectivity index (χ3n) is 4.37. The summed E-state index contributed by atoms with van der Waals surface area (Å²) in [6.45, 7) is 8.33. The predicted octanol–water partition coefficient (Wildman–Crippen LogP) is 2.66. The molecule has 4 nitrogen and oxygen atoms in total. The Morgan fingerprint density at radius 3 is 2.59 bits per heavy atom. The molecule has 0 amide bonds. The van der Waals surface area contributed by atoms with Crippen molar-refractivity contribution in [3.63, 3.8) is 0 Å². The van der Waals surface area contributed by atoms with E-state index in [1.165, 1.54) is 16.7 Å². The minimum absolute atomic E-state index is 0.560. The molecule has 0 saturated heterocycles. The largest absolute Gasteiger partial charge is 0.388 e. The molecule has 0 heterocycles. The second-order valence-electron chi connectivity index (χ2n) is 6.41. The van der Waals surface area contributed by atoms with E-state index in [0.29, 0.717) is 13.1 Å². The van der Waals surface area contributed by atoms with Crippen LogP contribution in [0.25, 0.3) is 0 Å². The van der Waals surface area contributed by atoms with Gasteiger partial charge in [-0.1, -0.05) is 36.6 Å². The number of rotatable bonds is 5. The lowest BCUT2D eigenvalue weighted by Gasteiger charge is -2.23. The number of aliphatic hydroxyl groups is 1. The molecule has 0 unspecified atom stereocenters. The third kappa shape index (κ3) is 4.73. The number of hydrogen-bond donors (Lipinski definition) is 3. The van der Waals surface area contributed by atoms with Crippen LogP contribution in [0.4, 0.5) is 0 Å². The molecule has 1 aliphatic carbocycles. The molecule has 1 aromatic carbocycles. The maximum Gasteiger partial charge on any atom is 0.191 e. The fourth-order valence-electron chi connectivity index (χ4n) is 2.99. The van der Waals surface area contributed by atoms with E-state index in [1.54, 1.807) is 0 Å². The van der Waals surface area contributed by atoms with Gasteiger partial charge in [0.1, 0.15) is 0 Å². The summed E-state index contributed by atoms with van der Waals surface area (Å²) in [5.41, 5.74) is 3.23. The minimum Gasteiger partial charge on any atom is -0.388 e. The normalized spacial score (nSPS) is 17.5. The van der Waals surface area contributed by atoms with Crippen LogP contribution in [0.1, 0.15) is 49.3 Å². The van der Waals surface area contributed by atoms with Crippen LogP contribution in [0.2, 0.25) is 0 Å². The van der Waals surface area contributed by atoms with Gasteiger partial charge in [-0.05, 0) is 44.7 Å². The van der Waals surface area contributed by atoms with Crippen LogP contribution in [-0.2, 0) is 6.54 Å². The van der Waals surface area contributed by atoms with Gasteiger partial charge in [-0.3, -0.25) is 0 Å². The standard InChI is InChI=1S/C18H29N3O/c1-4-19-17(21-13-18(22)9-5-6-10-18)20-12-16-8-7-14(2)11-15(16)3/h7-8,11,22H,4-6,9-10,12-13H2,1-3H3,(H2,19,20,21). The van der Waals surface area contributed by atoms with Crippen LogP contribution in [0.3, 0.4) is 0 Å². The first-order chi connectivity index (χ1) is 10.5. The van der Waals surface area contributed by atoms with Crippen LogP contribution < -0.4 is 10.6 Å². The quantitative estimate of drug-likeness (QED) is 0.579. The number of nitrogens with one attached hydrogen (secondary N) is 2. The van der Waals surface area contributed by atoms with Gasteiger partial charge in [-0.25, -0.2) is 4.99 Å². The first-order valence-corrected chi connectivity index (χ1v) is 8.33. The highest BCUT2D eigenvalue weighted by Crippen LogP contribution is 2.28. The highest BCUT2D eigenvalue weighted by molar-refractivity contribution is 5.79. The molecule has 2 rings (SSSR count). The van der Waals surface area contributed by atoms with Gasteiger partial charge in [-0.2, -0.15) is 0 Å². The Kier molecular flexibility index (Phi) is 5.83. The highest BCUT2D eigenvalue weighted by atomic mass is 16.3. The van der Waals surface area contributed by atoms with E-state index in [4.69, 9.17) is 0 Å². The highest BCUT2D eigenvalue weighted by Gasteiger charge is 2.30. The van der Waals surface area contributed by atoms with Crippen LogP contribution in [0, 0.1) is 13.8 Å². The smallest absolute Gasteiger partial charge is 0.191 e.